The highest BCUT2D eigenvalue weighted by atomic mass is 19.1. The molecule has 280 valence electrons. The van der Waals surface area contributed by atoms with Gasteiger partial charge in [-0.15, -0.1) is 6.42 Å². The number of amides is 1. The van der Waals surface area contributed by atoms with Gasteiger partial charge in [-0.25, -0.2) is 8.78 Å². The van der Waals surface area contributed by atoms with E-state index in [-0.39, 0.29) is 23.2 Å². The van der Waals surface area contributed by atoms with Crippen LogP contribution in [0.25, 0.3) is 16.6 Å². The zero-order valence-electron chi connectivity index (χ0n) is 30.8. The molecule has 0 spiro atoms. The van der Waals surface area contributed by atoms with Gasteiger partial charge in [0.25, 0.3) is 5.91 Å². The number of aromatic nitrogens is 1. The van der Waals surface area contributed by atoms with Crippen molar-refractivity contribution in [1.29, 1.82) is 0 Å². The summed E-state index contributed by atoms with van der Waals surface area (Å²) in [5, 5.41) is 0.245. The van der Waals surface area contributed by atoms with Crippen LogP contribution in [0.4, 0.5) is 14.5 Å². The van der Waals surface area contributed by atoms with Crippen molar-refractivity contribution in [2.45, 2.75) is 45.4 Å². The lowest BCUT2D eigenvalue weighted by atomic mass is 10.1. The minimum absolute atomic E-state index is 0.106. The monoisotopic (exact) mass is 727 g/mol. The Bertz CT molecular complexity index is 1980. The van der Waals surface area contributed by atoms with Crippen LogP contribution in [0.1, 0.15) is 55.8 Å². The number of hydrogen-bond donors (Lipinski definition) is 0. The summed E-state index contributed by atoms with van der Waals surface area (Å²) in [5.41, 5.74) is 0.144. The van der Waals surface area contributed by atoms with E-state index in [1.165, 1.54) is 75.8 Å². The van der Waals surface area contributed by atoms with Gasteiger partial charge < -0.3 is 23.3 Å². The Balaban J connectivity index is 1.24. The molecule has 2 bridgehead atoms. The Kier molecular flexibility index (Phi) is 12.3. The molecule has 0 N–H and O–H groups in total. The third-order valence-corrected chi connectivity index (χ3v) is 10.4. The van der Waals surface area contributed by atoms with Crippen molar-refractivity contribution in [3.8, 4) is 35.3 Å². The van der Waals surface area contributed by atoms with E-state index in [0.29, 0.717) is 47.7 Å². The van der Waals surface area contributed by atoms with Gasteiger partial charge in [0.05, 0.1) is 69.9 Å². The number of unbranched alkanes of at least 4 members (excludes halogenated alkanes) is 4. The number of terminal acetylenes is 1. The Morgan fingerprint density at radius 2 is 1.55 bits per heavy atom. The maximum Gasteiger partial charge on any atom is 0.264 e. The molecule has 4 aromatic rings. The van der Waals surface area contributed by atoms with E-state index in [2.05, 4.69) is 10.8 Å². The molecular weight excluding hydrogens is 678 g/mol. The number of piperazine rings is 3. The fourth-order valence-electron chi connectivity index (χ4n) is 7.43. The molecule has 3 aliphatic heterocycles. The van der Waals surface area contributed by atoms with Crippen LogP contribution in [-0.4, -0.2) is 92.5 Å². The lowest BCUT2D eigenvalue weighted by Crippen LogP contribution is -2.67. The van der Waals surface area contributed by atoms with Crippen LogP contribution in [0.3, 0.4) is 0 Å². The molecule has 0 aliphatic carbocycles. The summed E-state index contributed by atoms with van der Waals surface area (Å²) in [6, 6.07) is 13.2. The highest BCUT2D eigenvalue weighted by molar-refractivity contribution is 6.08. The van der Waals surface area contributed by atoms with E-state index in [0.717, 1.165) is 36.3 Å². The van der Waals surface area contributed by atoms with Crippen molar-refractivity contribution in [3.63, 3.8) is 0 Å². The van der Waals surface area contributed by atoms with Crippen LogP contribution in [0.15, 0.2) is 65.6 Å². The van der Waals surface area contributed by atoms with Gasteiger partial charge in [0.2, 0.25) is 5.43 Å². The number of carbonyl (C=O) groups excluding carboxylic acids is 1. The quantitative estimate of drug-likeness (QED) is 0.0676. The molecule has 3 fully saturated rings. The SMILES string of the molecule is C#CCN(C(=O)c1cn(-c2cc(OC)cc(OCCC)c2)c2cc(OCCCCCCC[N+]34CCN(CC3)CC4)ccc2c1=O)c1cc(F)cc(F)c1. The first-order valence-electron chi connectivity index (χ1n) is 18.7. The summed E-state index contributed by atoms with van der Waals surface area (Å²) in [4.78, 5) is 31.7. The number of anilines is 1. The molecule has 1 aromatic heterocycles. The van der Waals surface area contributed by atoms with Gasteiger partial charge >= 0.3 is 0 Å². The van der Waals surface area contributed by atoms with E-state index in [4.69, 9.17) is 20.6 Å². The van der Waals surface area contributed by atoms with Crippen LogP contribution in [0, 0.1) is 24.0 Å². The minimum atomic E-state index is -0.881. The average Bonchev–Trinajstić information content (AvgIpc) is 3.17. The van der Waals surface area contributed by atoms with Crippen molar-refractivity contribution in [1.82, 2.24) is 9.47 Å². The maximum atomic E-state index is 14.2. The summed E-state index contributed by atoms with van der Waals surface area (Å²) in [7, 11) is 1.54. The number of hydrogen-bond acceptors (Lipinski definition) is 6. The van der Waals surface area contributed by atoms with E-state index in [1.54, 1.807) is 48.1 Å². The normalized spacial score (nSPS) is 17.8. The molecule has 0 unspecified atom stereocenters. The number of benzene rings is 3. The zero-order chi connectivity index (χ0) is 37.4. The van der Waals surface area contributed by atoms with Crippen LogP contribution < -0.4 is 24.5 Å². The topological polar surface area (TPSA) is 73.2 Å². The molecule has 0 radical (unpaired) electrons. The maximum absolute atomic E-state index is 14.2. The fourth-order valence-corrected chi connectivity index (χ4v) is 7.43. The van der Waals surface area contributed by atoms with Gasteiger partial charge in [-0.1, -0.05) is 25.7 Å². The lowest BCUT2D eigenvalue weighted by molar-refractivity contribution is -0.941. The predicted molar refractivity (Wildman–Crippen MR) is 203 cm³/mol. The van der Waals surface area contributed by atoms with Crippen molar-refractivity contribution < 1.29 is 32.3 Å². The number of quaternary nitrogens is 1. The van der Waals surface area contributed by atoms with Crippen LogP contribution in [-0.2, 0) is 0 Å². The van der Waals surface area contributed by atoms with Gasteiger partial charge in [0.1, 0.15) is 34.4 Å². The smallest absolute Gasteiger partial charge is 0.264 e. The molecule has 9 nitrogen and oxygen atoms in total. The first-order chi connectivity index (χ1) is 25.7. The average molecular weight is 728 g/mol. The lowest BCUT2D eigenvalue weighted by Gasteiger charge is -2.50. The van der Waals surface area contributed by atoms with Crippen molar-refractivity contribution >= 4 is 22.5 Å². The van der Waals surface area contributed by atoms with Crippen LogP contribution in [0.5, 0.6) is 17.2 Å². The summed E-state index contributed by atoms with van der Waals surface area (Å²) < 4.78 is 49.2. The molecule has 0 atom stereocenters. The number of rotatable bonds is 17. The Morgan fingerprint density at radius 1 is 0.868 bits per heavy atom. The van der Waals surface area contributed by atoms with Crippen molar-refractivity contribution in [2.75, 3.05) is 77.6 Å². The standard InChI is InChI=1S/C42H49F2N4O5/c1-4-13-46(33-24-31(43)23-32(44)25-33)42(50)39-30-47(34-26-36(51-3)28-37(27-34)52-21-5-2)40-29-35(11-12-38(40)41(39)49)53-22-10-8-6-7-9-17-48-18-14-45(15-19-48)16-20-48/h1,11-12,23-30H,5-10,13-22H2,2-3H3/q+1. The number of carbonyl (C=O) groups is 1. The van der Waals surface area contributed by atoms with Gasteiger partial charge in [-0.2, -0.15) is 0 Å². The molecule has 4 heterocycles. The van der Waals surface area contributed by atoms with E-state index >= 15 is 0 Å². The van der Waals surface area contributed by atoms with Crippen molar-refractivity contribution in [2.24, 2.45) is 0 Å². The Hall–Kier alpha value is -4.92. The van der Waals surface area contributed by atoms with Gasteiger partial charge in [-0.05, 0) is 49.9 Å². The summed E-state index contributed by atoms with van der Waals surface area (Å²) in [6.07, 6.45) is 13.4. The molecule has 3 saturated heterocycles. The number of nitrogens with zero attached hydrogens (tertiary/aromatic N) is 4. The van der Waals surface area contributed by atoms with Gasteiger partial charge in [0, 0.05) is 61.5 Å². The van der Waals surface area contributed by atoms with Crippen LogP contribution in [0.2, 0.25) is 0 Å². The summed E-state index contributed by atoms with van der Waals surface area (Å²) in [5.74, 6) is 1.43. The molecule has 3 aliphatic rings. The molecule has 11 heteroatoms. The van der Waals surface area contributed by atoms with E-state index in [9.17, 15) is 18.4 Å². The second-order valence-electron chi connectivity index (χ2n) is 14.1. The molecule has 0 saturated carbocycles. The number of ether oxygens (including phenoxy) is 3. The number of pyridine rings is 1. The second kappa shape index (κ2) is 17.3. The molecule has 53 heavy (non-hydrogen) atoms. The molecule has 1 amide bonds. The largest absolute Gasteiger partial charge is 0.497 e. The second-order valence-corrected chi connectivity index (χ2v) is 14.1. The molecule has 3 aromatic carbocycles. The number of fused-ring (bicyclic) bond motifs is 4. The van der Waals surface area contributed by atoms with Gasteiger partial charge in [0.15, 0.2) is 0 Å². The van der Waals surface area contributed by atoms with E-state index < -0.39 is 23.0 Å². The Morgan fingerprint density at radius 3 is 2.25 bits per heavy atom. The summed E-state index contributed by atoms with van der Waals surface area (Å²) in [6.45, 7) is 11.6. The van der Waals surface area contributed by atoms with E-state index in [1.807, 2.05) is 6.92 Å². The minimum Gasteiger partial charge on any atom is -0.497 e. The number of methoxy groups -OCH3 is 1. The molecule has 7 rings (SSSR count). The highest BCUT2D eigenvalue weighted by Crippen LogP contribution is 2.30. The first kappa shape index (κ1) is 37.8. The predicted octanol–water partition coefficient (Wildman–Crippen LogP) is 6.82. The summed E-state index contributed by atoms with van der Waals surface area (Å²) >= 11 is 0. The van der Waals surface area contributed by atoms with Crippen molar-refractivity contribution in [3.05, 3.63) is 88.2 Å². The fraction of sp³-hybridized carbons (Fsp3) is 0.429. The third-order valence-electron chi connectivity index (χ3n) is 10.4. The highest BCUT2D eigenvalue weighted by Gasteiger charge is 2.37. The first-order valence-corrected chi connectivity index (χ1v) is 18.7. The molecular formula is C42H49F2N4O5+. The Labute approximate surface area is 310 Å². The zero-order valence-corrected chi connectivity index (χ0v) is 30.8. The number of halogens is 2. The van der Waals surface area contributed by atoms with Crippen LogP contribution >= 0.6 is 0 Å². The van der Waals surface area contributed by atoms with Gasteiger partial charge in [-0.3, -0.25) is 19.4 Å². The third kappa shape index (κ3) is 9.00.